The molecule has 1 aromatic carbocycles. The molecule has 0 aliphatic carbocycles. The summed E-state index contributed by atoms with van der Waals surface area (Å²) in [6.45, 7) is 10.5. The topological polar surface area (TPSA) is 69.2 Å². The van der Waals surface area contributed by atoms with Crippen molar-refractivity contribution in [1.82, 2.24) is 0 Å². The van der Waals surface area contributed by atoms with Gasteiger partial charge in [0.1, 0.15) is 0 Å². The minimum Gasteiger partial charge on any atom is -0.330 e. The Bertz CT molecular complexity index is 352. The van der Waals surface area contributed by atoms with Crippen LogP contribution in [0.4, 0.5) is 5.69 Å². The molecule has 4 heteroatoms. The van der Waals surface area contributed by atoms with E-state index < -0.39 is 0 Å². The van der Waals surface area contributed by atoms with E-state index in [0.717, 1.165) is 30.4 Å². The number of hydrogen-bond acceptors (Lipinski definition) is 3. The van der Waals surface area contributed by atoms with Crippen molar-refractivity contribution >= 4 is 5.69 Å². The Hall–Kier alpha value is -1.42. The van der Waals surface area contributed by atoms with Crippen LogP contribution in [0.1, 0.15) is 51.7 Å². The number of aryl methyl sites for hydroxylation is 2. The predicted molar refractivity (Wildman–Crippen MR) is 82.5 cm³/mol. The van der Waals surface area contributed by atoms with Gasteiger partial charge in [0, 0.05) is 12.1 Å². The van der Waals surface area contributed by atoms with Gasteiger partial charge in [0.2, 0.25) is 0 Å². The molecule has 0 fully saturated rings. The minimum atomic E-state index is -0.348. The molecule has 0 aromatic heterocycles. The first-order valence-electron chi connectivity index (χ1n) is 7.08. The lowest BCUT2D eigenvalue weighted by atomic mass is 10.0. The fourth-order valence-electron chi connectivity index (χ4n) is 1.56. The Labute approximate surface area is 117 Å². The number of nitro benzene ring substituents is 1. The van der Waals surface area contributed by atoms with Crippen LogP contribution >= 0.6 is 0 Å². The third-order valence-corrected chi connectivity index (χ3v) is 2.25. The molecule has 0 bridgehead atoms. The van der Waals surface area contributed by atoms with Crippen LogP contribution in [0.15, 0.2) is 18.2 Å². The highest BCUT2D eigenvalue weighted by molar-refractivity contribution is 5.38. The molecule has 2 N–H and O–H groups in total. The van der Waals surface area contributed by atoms with Gasteiger partial charge in [-0.2, -0.15) is 0 Å². The summed E-state index contributed by atoms with van der Waals surface area (Å²) in [6.07, 6.45) is 2.80. The highest BCUT2D eigenvalue weighted by Crippen LogP contribution is 2.18. The summed E-state index contributed by atoms with van der Waals surface area (Å²) in [5.74, 6) is 0. The molecule has 1 aromatic rings. The van der Waals surface area contributed by atoms with Crippen molar-refractivity contribution < 1.29 is 4.92 Å². The maximum absolute atomic E-state index is 10.6. The van der Waals surface area contributed by atoms with Crippen LogP contribution in [-0.4, -0.2) is 11.5 Å². The van der Waals surface area contributed by atoms with E-state index in [9.17, 15) is 10.1 Å². The number of hydrogen-bond donors (Lipinski definition) is 1. The Morgan fingerprint density at radius 3 is 2.16 bits per heavy atom. The Morgan fingerprint density at radius 2 is 1.68 bits per heavy atom. The molecule has 110 valence electrons. The Balaban J connectivity index is 0. The van der Waals surface area contributed by atoms with Crippen molar-refractivity contribution in [3.63, 3.8) is 0 Å². The highest BCUT2D eigenvalue weighted by Gasteiger charge is 2.07. The lowest BCUT2D eigenvalue weighted by Crippen LogP contribution is -1.99. The van der Waals surface area contributed by atoms with Gasteiger partial charge in [-0.05, 0) is 43.9 Å². The van der Waals surface area contributed by atoms with E-state index in [-0.39, 0.29) is 10.6 Å². The van der Waals surface area contributed by atoms with E-state index in [4.69, 9.17) is 5.73 Å². The van der Waals surface area contributed by atoms with Crippen molar-refractivity contribution in [1.29, 1.82) is 0 Å². The summed E-state index contributed by atoms with van der Waals surface area (Å²) in [7, 11) is 0. The lowest BCUT2D eigenvalue weighted by molar-refractivity contribution is -0.385. The molecular formula is C15H28N2O2. The second-order valence-corrected chi connectivity index (χ2v) is 3.68. The first kappa shape index (κ1) is 19.9. The number of non-ortho nitro benzene ring substituents is 1. The number of nitro groups is 1. The zero-order valence-electron chi connectivity index (χ0n) is 12.9. The minimum absolute atomic E-state index is 0.178. The number of unbranched alkanes of at least 4 members (excludes halogenated alkanes) is 1. The van der Waals surface area contributed by atoms with Crippen LogP contribution in [0.3, 0.4) is 0 Å². The van der Waals surface area contributed by atoms with Gasteiger partial charge in [0.05, 0.1) is 4.92 Å². The maximum atomic E-state index is 10.6. The van der Waals surface area contributed by atoms with Gasteiger partial charge in [-0.15, -0.1) is 0 Å². The lowest BCUT2D eigenvalue weighted by Gasteiger charge is -2.02. The van der Waals surface area contributed by atoms with Gasteiger partial charge < -0.3 is 5.73 Å². The van der Waals surface area contributed by atoms with Crippen LogP contribution in [-0.2, 0) is 6.42 Å². The van der Waals surface area contributed by atoms with E-state index in [1.54, 1.807) is 12.1 Å². The van der Waals surface area contributed by atoms with E-state index in [0.29, 0.717) is 6.54 Å². The molecule has 19 heavy (non-hydrogen) atoms. The van der Waals surface area contributed by atoms with Gasteiger partial charge in [-0.1, -0.05) is 33.8 Å². The fourth-order valence-corrected chi connectivity index (χ4v) is 1.56. The smallest absolute Gasteiger partial charge is 0.269 e. The van der Waals surface area contributed by atoms with Crippen molar-refractivity contribution in [2.45, 2.75) is 53.9 Å². The van der Waals surface area contributed by atoms with Gasteiger partial charge in [-0.3, -0.25) is 10.1 Å². The third-order valence-electron chi connectivity index (χ3n) is 2.25. The normalized spacial score (nSPS) is 8.74. The second-order valence-electron chi connectivity index (χ2n) is 3.68. The molecule has 1 rings (SSSR count). The molecule has 0 aliphatic rings. The van der Waals surface area contributed by atoms with Crippen molar-refractivity contribution in [2.75, 3.05) is 6.54 Å². The van der Waals surface area contributed by atoms with E-state index in [2.05, 4.69) is 0 Å². The first-order chi connectivity index (χ1) is 9.13. The number of nitrogens with two attached hydrogens (primary N) is 1. The molecule has 0 aliphatic heterocycles. The summed E-state index contributed by atoms with van der Waals surface area (Å²) in [6, 6.07) is 5.22. The number of benzene rings is 1. The monoisotopic (exact) mass is 268 g/mol. The first-order valence-corrected chi connectivity index (χ1v) is 7.08. The zero-order valence-corrected chi connectivity index (χ0v) is 12.9. The Kier molecular flexibility index (Phi) is 13.6. The molecule has 4 nitrogen and oxygen atoms in total. The fraction of sp³-hybridized carbons (Fsp3) is 0.600. The summed E-state index contributed by atoms with van der Waals surface area (Å²) in [4.78, 5) is 10.3. The predicted octanol–water partition coefficient (Wildman–Crippen LogP) is 4.24. The standard InChI is InChI=1S/C11H16N2O2.2C2H6/c1-9-6-10(4-2-3-5-12)8-11(7-9)13(14)15;2*1-2/h6-8H,2-5,12H2,1H3;2*1-2H3. The molecule has 0 saturated carbocycles. The Morgan fingerprint density at radius 1 is 1.11 bits per heavy atom. The highest BCUT2D eigenvalue weighted by atomic mass is 16.6. The average molecular weight is 268 g/mol. The van der Waals surface area contributed by atoms with E-state index in [1.165, 1.54) is 0 Å². The van der Waals surface area contributed by atoms with Gasteiger partial charge in [0.25, 0.3) is 5.69 Å². The molecular weight excluding hydrogens is 240 g/mol. The van der Waals surface area contributed by atoms with Gasteiger partial charge in [-0.25, -0.2) is 0 Å². The number of rotatable bonds is 5. The largest absolute Gasteiger partial charge is 0.330 e. The molecule has 0 unspecified atom stereocenters. The second kappa shape index (κ2) is 13.0. The number of nitrogens with zero attached hydrogens (tertiary/aromatic N) is 1. The SMILES string of the molecule is CC.CC.Cc1cc(CCCCN)cc([N+](=O)[O-])c1. The molecule has 0 atom stereocenters. The van der Waals surface area contributed by atoms with Crippen LogP contribution in [0, 0.1) is 17.0 Å². The third kappa shape index (κ3) is 9.19. The van der Waals surface area contributed by atoms with E-state index >= 15 is 0 Å². The van der Waals surface area contributed by atoms with Crippen molar-refractivity contribution in [3.05, 3.63) is 39.4 Å². The summed E-state index contributed by atoms with van der Waals surface area (Å²) in [5.41, 5.74) is 7.53. The maximum Gasteiger partial charge on any atom is 0.269 e. The molecule has 0 spiro atoms. The molecule has 0 amide bonds. The van der Waals surface area contributed by atoms with Gasteiger partial charge in [0.15, 0.2) is 0 Å². The van der Waals surface area contributed by atoms with Gasteiger partial charge >= 0.3 is 0 Å². The zero-order chi connectivity index (χ0) is 15.3. The van der Waals surface area contributed by atoms with Crippen molar-refractivity contribution in [3.8, 4) is 0 Å². The summed E-state index contributed by atoms with van der Waals surface area (Å²) in [5, 5.41) is 10.6. The van der Waals surface area contributed by atoms with Crippen LogP contribution in [0.5, 0.6) is 0 Å². The molecule has 0 heterocycles. The quantitative estimate of drug-likeness (QED) is 0.493. The van der Waals surface area contributed by atoms with Crippen LogP contribution in [0.2, 0.25) is 0 Å². The van der Waals surface area contributed by atoms with E-state index in [1.807, 2.05) is 40.7 Å². The average Bonchev–Trinajstić information content (AvgIpc) is 2.43. The summed E-state index contributed by atoms with van der Waals surface area (Å²) < 4.78 is 0. The molecule has 0 radical (unpaired) electrons. The molecule has 0 saturated heterocycles. The summed E-state index contributed by atoms with van der Waals surface area (Å²) >= 11 is 0. The van der Waals surface area contributed by atoms with Crippen molar-refractivity contribution in [2.24, 2.45) is 5.73 Å². The van der Waals surface area contributed by atoms with Crippen LogP contribution in [0.25, 0.3) is 0 Å². The van der Waals surface area contributed by atoms with Crippen LogP contribution < -0.4 is 5.73 Å².